The van der Waals surface area contributed by atoms with E-state index in [-0.39, 0.29) is 0 Å². The van der Waals surface area contributed by atoms with E-state index in [4.69, 9.17) is 4.74 Å². The van der Waals surface area contributed by atoms with Crippen LogP contribution in [0.25, 0.3) is 0 Å². The third-order valence-corrected chi connectivity index (χ3v) is 4.64. The van der Waals surface area contributed by atoms with Crippen molar-refractivity contribution in [1.82, 2.24) is 0 Å². The van der Waals surface area contributed by atoms with Crippen molar-refractivity contribution in [1.29, 1.82) is 0 Å². The van der Waals surface area contributed by atoms with Crippen LogP contribution in [0.5, 0.6) is 0 Å². The van der Waals surface area contributed by atoms with Crippen LogP contribution in [-0.2, 0) is 4.74 Å². The molecule has 1 saturated heterocycles. The average Bonchev–Trinajstić information content (AvgIpc) is 2.26. The van der Waals surface area contributed by atoms with Gasteiger partial charge >= 0.3 is 0 Å². The Morgan fingerprint density at radius 2 is 2.43 bits per heavy atom. The molecule has 2 aliphatic heterocycles. The first-order valence-corrected chi connectivity index (χ1v) is 6.46. The van der Waals surface area contributed by atoms with Crippen molar-refractivity contribution in [2.24, 2.45) is 11.3 Å². The maximum atomic E-state index is 5.70. The van der Waals surface area contributed by atoms with Gasteiger partial charge in [0, 0.05) is 12.0 Å². The molecule has 3 rings (SSSR count). The zero-order valence-corrected chi connectivity index (χ0v) is 9.19. The van der Waals surface area contributed by atoms with Gasteiger partial charge in [0.15, 0.2) is 0 Å². The molecule has 76 valence electrons. The van der Waals surface area contributed by atoms with Crippen LogP contribution in [0.15, 0.2) is 22.5 Å². The molecule has 0 radical (unpaired) electrons. The fourth-order valence-corrected chi connectivity index (χ4v) is 4.01. The molecule has 1 aliphatic carbocycles. The number of rotatable bonds is 0. The van der Waals surface area contributed by atoms with Gasteiger partial charge in [0.05, 0.1) is 6.61 Å². The molecule has 2 heterocycles. The van der Waals surface area contributed by atoms with Crippen molar-refractivity contribution in [2.45, 2.75) is 25.7 Å². The third kappa shape index (κ3) is 1.20. The highest BCUT2D eigenvalue weighted by molar-refractivity contribution is 8.05. The van der Waals surface area contributed by atoms with Crippen LogP contribution in [0.4, 0.5) is 0 Å². The number of ether oxygens (including phenoxy) is 1. The Morgan fingerprint density at radius 1 is 1.43 bits per heavy atom. The first-order valence-electron chi connectivity index (χ1n) is 5.52. The minimum Gasteiger partial charge on any atom is -0.380 e. The minimum absolute atomic E-state index is 0.307. The first kappa shape index (κ1) is 9.05. The van der Waals surface area contributed by atoms with Crippen LogP contribution in [0.3, 0.4) is 0 Å². The van der Waals surface area contributed by atoms with Gasteiger partial charge in [0.1, 0.15) is 0 Å². The smallest absolute Gasteiger partial charge is 0.0597 e. The minimum atomic E-state index is 0.307. The lowest BCUT2D eigenvalue weighted by molar-refractivity contribution is -0.0186. The maximum absolute atomic E-state index is 5.70. The molecule has 2 heteroatoms. The SMILES string of the molecule is C1=CC23COCCC2CCCC3=CS1. The predicted molar refractivity (Wildman–Crippen MR) is 60.0 cm³/mol. The van der Waals surface area contributed by atoms with Gasteiger partial charge in [-0.25, -0.2) is 0 Å². The van der Waals surface area contributed by atoms with Gasteiger partial charge in [-0.15, -0.1) is 11.8 Å². The fraction of sp³-hybridized carbons (Fsp3) is 0.667. The quantitative estimate of drug-likeness (QED) is 0.604. The molecule has 0 N–H and O–H groups in total. The lowest BCUT2D eigenvalue weighted by Gasteiger charge is -2.48. The largest absolute Gasteiger partial charge is 0.380 e. The summed E-state index contributed by atoms with van der Waals surface area (Å²) in [5.41, 5.74) is 1.95. The highest BCUT2D eigenvalue weighted by Crippen LogP contribution is 2.52. The molecule has 1 saturated carbocycles. The van der Waals surface area contributed by atoms with Crippen LogP contribution in [0, 0.1) is 11.3 Å². The lowest BCUT2D eigenvalue weighted by atomic mass is 9.62. The van der Waals surface area contributed by atoms with Crippen LogP contribution >= 0.6 is 11.8 Å². The second kappa shape index (κ2) is 3.42. The molecule has 3 aliphatic rings. The summed E-state index contributed by atoms with van der Waals surface area (Å²) >= 11 is 1.83. The fourth-order valence-electron chi connectivity index (χ4n) is 3.11. The Kier molecular flexibility index (Phi) is 2.21. The van der Waals surface area contributed by atoms with Crippen LogP contribution in [-0.4, -0.2) is 13.2 Å². The lowest BCUT2D eigenvalue weighted by Crippen LogP contribution is -2.43. The molecule has 0 aromatic rings. The molecule has 0 amide bonds. The zero-order valence-electron chi connectivity index (χ0n) is 8.37. The van der Waals surface area contributed by atoms with E-state index in [0.29, 0.717) is 5.41 Å². The molecule has 1 nitrogen and oxygen atoms in total. The predicted octanol–water partition coefficient (Wildman–Crippen LogP) is 3.34. The Morgan fingerprint density at radius 3 is 3.43 bits per heavy atom. The van der Waals surface area contributed by atoms with Gasteiger partial charge < -0.3 is 4.74 Å². The van der Waals surface area contributed by atoms with E-state index in [1.54, 1.807) is 5.57 Å². The van der Waals surface area contributed by atoms with E-state index >= 15 is 0 Å². The summed E-state index contributed by atoms with van der Waals surface area (Å²) in [5, 5.41) is 4.61. The molecular formula is C12H16OS. The first-order chi connectivity index (χ1) is 6.92. The molecule has 0 aromatic heterocycles. The van der Waals surface area contributed by atoms with Crippen molar-refractivity contribution in [3.05, 3.63) is 22.5 Å². The highest BCUT2D eigenvalue weighted by atomic mass is 32.2. The van der Waals surface area contributed by atoms with E-state index in [1.165, 1.54) is 25.7 Å². The Balaban J connectivity index is 1.99. The van der Waals surface area contributed by atoms with E-state index in [2.05, 4.69) is 16.9 Å². The molecular weight excluding hydrogens is 192 g/mol. The van der Waals surface area contributed by atoms with Crippen molar-refractivity contribution in [3.8, 4) is 0 Å². The summed E-state index contributed by atoms with van der Waals surface area (Å²) in [5.74, 6) is 0.855. The van der Waals surface area contributed by atoms with Crippen molar-refractivity contribution in [3.63, 3.8) is 0 Å². The van der Waals surface area contributed by atoms with Crippen LogP contribution < -0.4 is 0 Å². The Bertz CT molecular complexity index is 293. The summed E-state index contributed by atoms with van der Waals surface area (Å²) in [6.45, 7) is 1.90. The second-order valence-electron chi connectivity index (χ2n) is 4.55. The van der Waals surface area contributed by atoms with E-state index < -0.39 is 0 Å². The van der Waals surface area contributed by atoms with Gasteiger partial charge in [-0.3, -0.25) is 0 Å². The summed E-state index contributed by atoms with van der Waals surface area (Å²) in [6, 6.07) is 0. The van der Waals surface area contributed by atoms with Crippen molar-refractivity contribution < 1.29 is 4.74 Å². The summed E-state index contributed by atoms with van der Waals surface area (Å²) in [7, 11) is 0. The van der Waals surface area contributed by atoms with Crippen LogP contribution in [0.2, 0.25) is 0 Å². The zero-order chi connectivity index (χ0) is 9.43. The Labute approximate surface area is 89.6 Å². The monoisotopic (exact) mass is 208 g/mol. The number of hydrogen-bond donors (Lipinski definition) is 0. The molecule has 14 heavy (non-hydrogen) atoms. The van der Waals surface area contributed by atoms with E-state index in [1.807, 2.05) is 11.8 Å². The summed E-state index contributed by atoms with van der Waals surface area (Å²) in [4.78, 5) is 0. The number of hydrogen-bond acceptors (Lipinski definition) is 2. The molecule has 1 spiro atoms. The van der Waals surface area contributed by atoms with Gasteiger partial charge in [0.2, 0.25) is 0 Å². The normalized spacial score (nSPS) is 41.1. The molecule has 2 unspecified atom stereocenters. The average molecular weight is 208 g/mol. The molecule has 2 atom stereocenters. The summed E-state index contributed by atoms with van der Waals surface area (Å²) in [6.07, 6.45) is 7.74. The second-order valence-corrected chi connectivity index (χ2v) is 5.33. The Hall–Kier alpha value is -0.210. The topological polar surface area (TPSA) is 9.23 Å². The van der Waals surface area contributed by atoms with Gasteiger partial charge in [-0.2, -0.15) is 0 Å². The standard InChI is InChI=1S/C12H16OS/c1-2-10-4-6-13-9-12(10)5-7-14-8-11(12)3-1/h5,7-8,10H,1-4,6,9H2. The van der Waals surface area contributed by atoms with Gasteiger partial charge in [-0.1, -0.05) is 11.6 Å². The van der Waals surface area contributed by atoms with Gasteiger partial charge in [-0.05, 0) is 42.4 Å². The van der Waals surface area contributed by atoms with Crippen LogP contribution in [0.1, 0.15) is 25.7 Å². The highest BCUT2D eigenvalue weighted by Gasteiger charge is 2.45. The maximum Gasteiger partial charge on any atom is 0.0597 e. The third-order valence-electron chi connectivity index (χ3n) is 3.93. The van der Waals surface area contributed by atoms with Crippen molar-refractivity contribution >= 4 is 11.8 Å². The molecule has 0 bridgehead atoms. The molecule has 2 fully saturated rings. The number of thioether (sulfide) groups is 1. The van der Waals surface area contributed by atoms with Gasteiger partial charge in [0.25, 0.3) is 0 Å². The van der Waals surface area contributed by atoms with E-state index in [0.717, 1.165) is 19.1 Å². The molecule has 0 aromatic carbocycles. The van der Waals surface area contributed by atoms with Crippen molar-refractivity contribution in [2.75, 3.05) is 13.2 Å². The van der Waals surface area contributed by atoms with E-state index in [9.17, 15) is 0 Å². The summed E-state index contributed by atoms with van der Waals surface area (Å²) < 4.78 is 5.70.